The van der Waals surface area contributed by atoms with Gasteiger partial charge in [0.2, 0.25) is 0 Å². The van der Waals surface area contributed by atoms with Crippen molar-refractivity contribution in [3.05, 3.63) is 47.2 Å². The van der Waals surface area contributed by atoms with Crippen molar-refractivity contribution in [2.24, 2.45) is 0 Å². The van der Waals surface area contributed by atoms with E-state index in [1.54, 1.807) is 30.3 Å². The SMILES string of the molecule is COc1ccccc1NC(=O)c1cc2c(nc1N)CCN(S(=O)(=O)N1CCCC1)C2. The number of methoxy groups -OCH3 is 1. The maximum Gasteiger partial charge on any atom is 0.282 e. The standard InChI is InChI=1S/C20H25N5O4S/c1-29-18-7-3-2-6-17(18)23-20(26)15-12-14-13-25(11-8-16(14)22-19(15)21)30(27,28)24-9-4-5-10-24/h2-3,6-7,12H,4-5,8-11,13H2,1H3,(H2,21,22)(H,23,26). The van der Waals surface area contributed by atoms with Crippen molar-refractivity contribution in [3.8, 4) is 5.75 Å². The van der Waals surface area contributed by atoms with Crippen LogP contribution in [0.15, 0.2) is 30.3 Å². The number of carbonyl (C=O) groups is 1. The van der Waals surface area contributed by atoms with E-state index < -0.39 is 16.1 Å². The Kier molecular flexibility index (Phi) is 5.63. The molecule has 2 aromatic rings. The van der Waals surface area contributed by atoms with E-state index in [9.17, 15) is 13.2 Å². The maximum atomic E-state index is 12.9. The van der Waals surface area contributed by atoms with Gasteiger partial charge in [0.25, 0.3) is 16.1 Å². The lowest BCUT2D eigenvalue weighted by Gasteiger charge is -2.31. The Labute approximate surface area is 176 Å². The number of hydrogen-bond donors (Lipinski definition) is 2. The summed E-state index contributed by atoms with van der Waals surface area (Å²) in [6.07, 6.45) is 2.23. The average Bonchev–Trinajstić information content (AvgIpc) is 3.29. The molecule has 1 aromatic heterocycles. The van der Waals surface area contributed by atoms with Gasteiger partial charge in [-0.15, -0.1) is 0 Å². The van der Waals surface area contributed by atoms with Crippen LogP contribution in [0.3, 0.4) is 0 Å². The second kappa shape index (κ2) is 8.21. The number of fused-ring (bicyclic) bond motifs is 1. The normalized spacial score (nSPS) is 17.5. The molecule has 3 heterocycles. The summed E-state index contributed by atoms with van der Waals surface area (Å²) in [4.78, 5) is 17.2. The number of pyridine rings is 1. The number of benzene rings is 1. The zero-order valence-electron chi connectivity index (χ0n) is 16.8. The molecular weight excluding hydrogens is 406 g/mol. The largest absolute Gasteiger partial charge is 0.495 e. The number of nitrogens with zero attached hydrogens (tertiary/aromatic N) is 3. The molecule has 0 radical (unpaired) electrons. The Bertz CT molecular complexity index is 1070. The number of amides is 1. The van der Waals surface area contributed by atoms with Gasteiger partial charge >= 0.3 is 0 Å². The number of para-hydroxylation sites is 2. The quantitative estimate of drug-likeness (QED) is 0.743. The summed E-state index contributed by atoms with van der Waals surface area (Å²) in [6.45, 7) is 1.64. The molecule has 0 spiro atoms. The molecule has 0 saturated carbocycles. The Morgan fingerprint density at radius 3 is 2.63 bits per heavy atom. The van der Waals surface area contributed by atoms with Gasteiger partial charge in [0.05, 0.1) is 18.4 Å². The van der Waals surface area contributed by atoms with Crippen LogP contribution in [0.1, 0.15) is 34.5 Å². The molecule has 2 aliphatic heterocycles. The molecular formula is C20H25N5O4S. The second-order valence-corrected chi connectivity index (χ2v) is 9.31. The first-order valence-electron chi connectivity index (χ1n) is 9.88. The maximum absolute atomic E-state index is 12.9. The van der Waals surface area contributed by atoms with Crippen LogP contribution in [0, 0.1) is 0 Å². The van der Waals surface area contributed by atoms with E-state index in [0.717, 1.165) is 18.5 Å². The first-order chi connectivity index (χ1) is 14.4. The summed E-state index contributed by atoms with van der Waals surface area (Å²) >= 11 is 0. The zero-order chi connectivity index (χ0) is 21.3. The molecule has 10 heteroatoms. The molecule has 3 N–H and O–H groups in total. The monoisotopic (exact) mass is 431 g/mol. The van der Waals surface area contributed by atoms with E-state index in [0.29, 0.717) is 43.1 Å². The smallest absolute Gasteiger partial charge is 0.282 e. The molecule has 160 valence electrons. The van der Waals surface area contributed by atoms with Crippen LogP contribution in [-0.2, 0) is 23.2 Å². The van der Waals surface area contributed by atoms with Crippen LogP contribution in [-0.4, -0.2) is 54.7 Å². The minimum Gasteiger partial charge on any atom is -0.495 e. The lowest BCUT2D eigenvalue weighted by atomic mass is 10.0. The van der Waals surface area contributed by atoms with Gasteiger partial charge in [-0.25, -0.2) is 4.98 Å². The predicted molar refractivity (Wildman–Crippen MR) is 113 cm³/mol. The van der Waals surface area contributed by atoms with E-state index >= 15 is 0 Å². The van der Waals surface area contributed by atoms with Gasteiger partial charge in [-0.2, -0.15) is 17.0 Å². The Morgan fingerprint density at radius 1 is 1.17 bits per heavy atom. The molecule has 0 unspecified atom stereocenters. The molecule has 1 aromatic carbocycles. The van der Waals surface area contributed by atoms with E-state index in [-0.39, 0.29) is 17.9 Å². The van der Waals surface area contributed by atoms with Crippen LogP contribution in [0.2, 0.25) is 0 Å². The lowest BCUT2D eigenvalue weighted by molar-refractivity contribution is 0.102. The van der Waals surface area contributed by atoms with Crippen molar-refractivity contribution in [2.75, 3.05) is 37.8 Å². The third-order valence-corrected chi connectivity index (χ3v) is 7.46. The average molecular weight is 432 g/mol. The van der Waals surface area contributed by atoms with Gasteiger partial charge in [0, 0.05) is 38.3 Å². The number of nitrogen functional groups attached to an aromatic ring is 1. The molecule has 0 aliphatic carbocycles. The third-order valence-electron chi connectivity index (χ3n) is 5.48. The number of nitrogens with two attached hydrogens (primary N) is 1. The van der Waals surface area contributed by atoms with Crippen LogP contribution >= 0.6 is 0 Å². The van der Waals surface area contributed by atoms with Crippen molar-refractivity contribution in [2.45, 2.75) is 25.8 Å². The van der Waals surface area contributed by atoms with E-state index in [2.05, 4.69) is 10.3 Å². The summed E-state index contributed by atoms with van der Waals surface area (Å²) in [5.74, 6) is 0.224. The number of hydrogen-bond acceptors (Lipinski definition) is 6. The number of ether oxygens (including phenoxy) is 1. The molecule has 1 amide bonds. The number of carbonyl (C=O) groups excluding carboxylic acids is 1. The van der Waals surface area contributed by atoms with Gasteiger partial charge in [0.1, 0.15) is 11.6 Å². The molecule has 0 atom stereocenters. The fourth-order valence-electron chi connectivity index (χ4n) is 3.86. The van der Waals surface area contributed by atoms with Gasteiger partial charge < -0.3 is 15.8 Å². The summed E-state index contributed by atoms with van der Waals surface area (Å²) in [5, 5.41) is 2.79. The molecule has 2 aliphatic rings. The molecule has 0 bridgehead atoms. The number of anilines is 2. The highest BCUT2D eigenvalue weighted by Gasteiger charge is 2.34. The fraction of sp³-hybridized carbons (Fsp3) is 0.400. The van der Waals surface area contributed by atoms with Crippen molar-refractivity contribution >= 4 is 27.6 Å². The molecule has 9 nitrogen and oxygen atoms in total. The zero-order valence-corrected chi connectivity index (χ0v) is 17.6. The topological polar surface area (TPSA) is 118 Å². The number of rotatable bonds is 5. The fourth-order valence-corrected chi connectivity index (χ4v) is 5.53. The Balaban J connectivity index is 1.58. The molecule has 1 fully saturated rings. The first-order valence-corrected chi connectivity index (χ1v) is 11.3. The number of aromatic nitrogens is 1. The molecule has 30 heavy (non-hydrogen) atoms. The second-order valence-electron chi connectivity index (χ2n) is 7.38. The van der Waals surface area contributed by atoms with Gasteiger partial charge in [-0.05, 0) is 36.6 Å². The highest BCUT2D eigenvalue weighted by molar-refractivity contribution is 7.86. The third kappa shape index (κ3) is 3.85. The first kappa shape index (κ1) is 20.6. The van der Waals surface area contributed by atoms with Crippen molar-refractivity contribution in [3.63, 3.8) is 0 Å². The Morgan fingerprint density at radius 2 is 1.90 bits per heavy atom. The van der Waals surface area contributed by atoms with Crippen LogP contribution in [0.5, 0.6) is 5.75 Å². The minimum atomic E-state index is -3.51. The van der Waals surface area contributed by atoms with Crippen LogP contribution in [0.25, 0.3) is 0 Å². The lowest BCUT2D eigenvalue weighted by Crippen LogP contribution is -2.45. The van der Waals surface area contributed by atoms with Crippen molar-refractivity contribution < 1.29 is 17.9 Å². The number of nitrogens with one attached hydrogen (secondary N) is 1. The summed E-state index contributed by atoms with van der Waals surface area (Å²) < 4.78 is 34.1. The molecule has 4 rings (SSSR count). The highest BCUT2D eigenvalue weighted by atomic mass is 32.2. The summed E-state index contributed by atoms with van der Waals surface area (Å²) in [6, 6.07) is 8.70. The van der Waals surface area contributed by atoms with Crippen LogP contribution < -0.4 is 15.8 Å². The molecule has 1 saturated heterocycles. The summed E-state index contributed by atoms with van der Waals surface area (Å²) in [7, 11) is -1.99. The van der Waals surface area contributed by atoms with Gasteiger partial charge in [-0.3, -0.25) is 4.79 Å². The van der Waals surface area contributed by atoms with Crippen molar-refractivity contribution in [1.29, 1.82) is 0 Å². The van der Waals surface area contributed by atoms with Gasteiger partial charge in [-0.1, -0.05) is 12.1 Å². The Hall–Kier alpha value is -2.69. The van der Waals surface area contributed by atoms with E-state index in [4.69, 9.17) is 10.5 Å². The van der Waals surface area contributed by atoms with E-state index in [1.807, 2.05) is 0 Å². The predicted octanol–water partition coefficient (Wildman–Crippen LogP) is 1.62. The van der Waals surface area contributed by atoms with Gasteiger partial charge in [0.15, 0.2) is 0 Å². The summed E-state index contributed by atoms with van der Waals surface area (Å²) in [5.41, 5.74) is 8.20. The van der Waals surface area contributed by atoms with E-state index in [1.165, 1.54) is 15.7 Å². The minimum absolute atomic E-state index is 0.122. The van der Waals surface area contributed by atoms with Crippen molar-refractivity contribution in [1.82, 2.24) is 13.6 Å². The highest BCUT2D eigenvalue weighted by Crippen LogP contribution is 2.28. The van der Waals surface area contributed by atoms with Crippen LogP contribution in [0.4, 0.5) is 11.5 Å².